The van der Waals surface area contributed by atoms with Crippen molar-refractivity contribution in [1.82, 2.24) is 0 Å². The van der Waals surface area contributed by atoms with Gasteiger partial charge in [-0.1, -0.05) is 13.8 Å². The van der Waals surface area contributed by atoms with Crippen LogP contribution in [0.5, 0.6) is 0 Å². The average molecular weight is 717 g/mol. The van der Waals surface area contributed by atoms with Gasteiger partial charge in [0.05, 0.1) is 25.1 Å². The first kappa shape index (κ1) is 34.3. The van der Waals surface area contributed by atoms with Crippen LogP contribution in [0.4, 0.5) is 0 Å². The molecule has 3 aliphatic heterocycles. The van der Waals surface area contributed by atoms with Gasteiger partial charge in [-0.2, -0.15) is 0 Å². The van der Waals surface area contributed by atoms with Crippen molar-refractivity contribution < 1.29 is 76.5 Å². The van der Waals surface area contributed by atoms with Crippen molar-refractivity contribution >= 4 is 29.8 Å². The summed E-state index contributed by atoms with van der Waals surface area (Å²) in [6.45, 7) is 9.79. The number of methoxy groups -OCH3 is 1. The van der Waals surface area contributed by atoms with E-state index >= 15 is 0 Å². The zero-order valence-electron chi connectivity index (χ0n) is 29.3. The first-order valence-electron chi connectivity index (χ1n) is 16.7. The summed E-state index contributed by atoms with van der Waals surface area (Å²) >= 11 is 0. The average Bonchev–Trinajstić information content (AvgIpc) is 3.79. The van der Waals surface area contributed by atoms with Gasteiger partial charge >= 0.3 is 29.8 Å². The van der Waals surface area contributed by atoms with Crippen LogP contribution in [0.3, 0.4) is 0 Å². The minimum Gasteiger partial charge on any atom is -0.472 e. The van der Waals surface area contributed by atoms with Crippen LogP contribution in [-0.2, 0) is 61.9 Å². The number of furan rings is 1. The molecular formula is C35H40O16. The number of carbonyl (C=O) groups is 5. The third kappa shape index (κ3) is 3.47. The van der Waals surface area contributed by atoms with E-state index in [1.807, 2.05) is 0 Å². The highest BCUT2D eigenvalue weighted by molar-refractivity contribution is 5.86. The molecule has 8 rings (SSSR count). The van der Waals surface area contributed by atoms with Gasteiger partial charge < -0.3 is 52.5 Å². The number of hydrogen-bond acceptors (Lipinski definition) is 16. The molecule has 4 bridgehead atoms. The lowest BCUT2D eigenvalue weighted by Crippen LogP contribution is -2.93. The molecule has 0 aromatic carbocycles. The second kappa shape index (κ2) is 9.77. The van der Waals surface area contributed by atoms with Crippen LogP contribution in [0.2, 0.25) is 0 Å². The molecule has 276 valence electrons. The highest BCUT2D eigenvalue weighted by atomic mass is 16.9. The van der Waals surface area contributed by atoms with Crippen LogP contribution in [-0.4, -0.2) is 100.0 Å². The third-order valence-electron chi connectivity index (χ3n) is 13.4. The number of aliphatic hydroxyl groups is 2. The predicted molar refractivity (Wildman–Crippen MR) is 162 cm³/mol. The Labute approximate surface area is 291 Å². The van der Waals surface area contributed by atoms with Crippen molar-refractivity contribution in [2.45, 2.75) is 120 Å². The Morgan fingerprint density at radius 1 is 0.980 bits per heavy atom. The maximum absolute atomic E-state index is 13.8. The lowest BCUT2D eigenvalue weighted by atomic mass is 9.34. The number of hydrogen-bond donors (Lipinski definition) is 2. The summed E-state index contributed by atoms with van der Waals surface area (Å²) in [5.41, 5.74) is -13.2. The summed E-state index contributed by atoms with van der Waals surface area (Å²) in [6, 6.07) is 1.59. The van der Waals surface area contributed by atoms with Crippen molar-refractivity contribution in [1.29, 1.82) is 0 Å². The first-order chi connectivity index (χ1) is 23.7. The van der Waals surface area contributed by atoms with E-state index in [1.165, 1.54) is 32.4 Å². The van der Waals surface area contributed by atoms with Crippen LogP contribution < -0.4 is 0 Å². The van der Waals surface area contributed by atoms with Crippen LogP contribution in [0.1, 0.15) is 73.0 Å². The monoisotopic (exact) mass is 716 g/mol. The molecule has 2 saturated heterocycles. The molecular weight excluding hydrogens is 676 g/mol. The van der Waals surface area contributed by atoms with Crippen molar-refractivity contribution in [2.24, 2.45) is 22.2 Å². The van der Waals surface area contributed by atoms with E-state index < -0.39 is 111 Å². The molecule has 0 amide bonds. The van der Waals surface area contributed by atoms with Crippen LogP contribution in [0.25, 0.3) is 0 Å². The molecule has 4 saturated carbocycles. The predicted octanol–water partition coefficient (Wildman–Crippen LogP) is 1.30. The fourth-order valence-corrected chi connectivity index (χ4v) is 12.1. The molecule has 1 spiro atoms. The number of ether oxygens (including phenoxy) is 8. The zero-order chi connectivity index (χ0) is 37.1. The molecule has 2 N–H and O–H groups in total. The molecule has 51 heavy (non-hydrogen) atoms. The Morgan fingerprint density at radius 3 is 2.25 bits per heavy atom. The van der Waals surface area contributed by atoms with E-state index in [2.05, 4.69) is 0 Å². The first-order valence-corrected chi connectivity index (χ1v) is 16.7. The Bertz CT molecular complexity index is 1820. The smallest absolute Gasteiger partial charge is 0.347 e. The number of rotatable bonds is 6. The molecule has 16 nitrogen and oxygen atoms in total. The summed E-state index contributed by atoms with van der Waals surface area (Å²) in [4.78, 5) is 66.0. The number of esters is 5. The fourth-order valence-electron chi connectivity index (χ4n) is 12.1. The molecule has 1 aromatic rings. The van der Waals surface area contributed by atoms with Gasteiger partial charge in [0.25, 0.3) is 5.97 Å². The molecule has 6 fully saturated rings. The fraction of sp³-hybridized carbons (Fsp3) is 0.686. The van der Waals surface area contributed by atoms with Crippen molar-refractivity contribution in [2.75, 3.05) is 7.11 Å². The van der Waals surface area contributed by atoms with E-state index in [9.17, 15) is 34.2 Å². The summed E-state index contributed by atoms with van der Waals surface area (Å²) in [7, 11) is 1.10. The largest absolute Gasteiger partial charge is 0.472 e. The molecule has 4 aliphatic carbocycles. The number of cyclic esters (lactones) is 1. The van der Waals surface area contributed by atoms with E-state index in [1.54, 1.807) is 26.8 Å². The lowest BCUT2D eigenvalue weighted by Gasteiger charge is -2.76. The molecule has 16 heteroatoms. The van der Waals surface area contributed by atoms with Gasteiger partial charge in [0.1, 0.15) is 35.6 Å². The molecule has 0 radical (unpaired) electrons. The minimum absolute atomic E-state index is 0.140. The Balaban J connectivity index is 1.49. The summed E-state index contributed by atoms with van der Waals surface area (Å²) in [5.74, 6) is -7.48. The molecule has 4 heterocycles. The van der Waals surface area contributed by atoms with Gasteiger partial charge in [-0.05, 0) is 25.0 Å². The van der Waals surface area contributed by atoms with Crippen molar-refractivity contribution in [3.63, 3.8) is 0 Å². The SMILES string of the molecule is COC(=O)[C@@H](OC(C)=O)[C@@H]1[C@@]2(C)C[C@@]3(O)[C@@](O)([C@@H]2OC(C)=O)[C@@H]2O[C@]4(C)O[C@]5(C[C@@H](OC(C)=O)[C@@]6(C)C(=CC(=O)O[C@@H]6c6ccoc6)[C@]25O4)[C@@]13C. The molecule has 0 unspecified atom stereocenters. The van der Waals surface area contributed by atoms with Gasteiger partial charge in [-0.25, -0.2) is 9.59 Å². The van der Waals surface area contributed by atoms with Gasteiger partial charge in [-0.15, -0.1) is 0 Å². The third-order valence-corrected chi connectivity index (χ3v) is 13.4. The van der Waals surface area contributed by atoms with Crippen LogP contribution in [0.15, 0.2) is 34.7 Å². The van der Waals surface area contributed by atoms with Crippen LogP contribution >= 0.6 is 0 Å². The van der Waals surface area contributed by atoms with Crippen LogP contribution in [0, 0.1) is 22.2 Å². The number of fused-ring (bicyclic) bond motifs is 4. The lowest BCUT2D eigenvalue weighted by molar-refractivity contribution is -0.449. The van der Waals surface area contributed by atoms with Crippen molar-refractivity contribution in [3.8, 4) is 0 Å². The Hall–Kier alpha value is -3.83. The Kier molecular flexibility index (Phi) is 6.57. The molecule has 1 aromatic heterocycles. The van der Waals surface area contributed by atoms with E-state index in [0.29, 0.717) is 5.56 Å². The normalized spacial score (nSPS) is 50.0. The maximum atomic E-state index is 13.8. The Morgan fingerprint density at radius 2 is 1.67 bits per heavy atom. The maximum Gasteiger partial charge on any atom is 0.347 e. The minimum atomic E-state index is -2.51. The van der Waals surface area contributed by atoms with E-state index in [-0.39, 0.29) is 18.4 Å². The highest BCUT2D eigenvalue weighted by Gasteiger charge is 3.03. The van der Waals surface area contributed by atoms with Crippen molar-refractivity contribution in [3.05, 3.63) is 35.8 Å². The number of carbonyl (C=O) groups excluding carboxylic acids is 5. The summed E-state index contributed by atoms with van der Waals surface area (Å²) in [6.07, 6.45) is -3.89. The van der Waals surface area contributed by atoms with Gasteiger partial charge in [-0.3, -0.25) is 14.4 Å². The van der Waals surface area contributed by atoms with Gasteiger partial charge in [0, 0.05) is 62.5 Å². The van der Waals surface area contributed by atoms with E-state index in [0.717, 1.165) is 21.0 Å². The van der Waals surface area contributed by atoms with Gasteiger partial charge in [0.2, 0.25) is 6.10 Å². The quantitative estimate of drug-likeness (QED) is 0.314. The second-order valence-electron chi connectivity index (χ2n) is 15.7. The standard InChI is InChI=1S/C35H40O16/c1-15(36)45-20-12-33-30(6)23(22(25(40)43-8)46-16(2)37)28(4)14-32(30,41)34(42,26(28)47-17(3)38)27-35(33,51-31(7,49-27)50-33)19-11-21(39)48-24(29(19,20)5)18-9-10-44-13-18/h9-11,13,20,22-24,26-27,41-42H,12,14H2,1-8H3/t20-,22+,23-,24-,26-,27+,28-,29-,30+,31-,32+,33-,34-,35+/m1/s1. The summed E-state index contributed by atoms with van der Waals surface area (Å²) < 4.78 is 54.5. The van der Waals surface area contributed by atoms with E-state index in [4.69, 9.17) is 42.3 Å². The zero-order valence-corrected chi connectivity index (χ0v) is 29.3. The molecule has 7 aliphatic rings. The van der Waals surface area contributed by atoms with Gasteiger partial charge in [0.15, 0.2) is 11.2 Å². The second-order valence-corrected chi connectivity index (χ2v) is 15.7. The highest BCUT2D eigenvalue weighted by Crippen LogP contribution is 2.88. The topological polar surface area (TPSA) is 213 Å². The summed E-state index contributed by atoms with van der Waals surface area (Å²) in [5, 5.41) is 26.7. The molecule has 14 atom stereocenters.